The Morgan fingerprint density at radius 3 is 2.08 bits per heavy atom. The third-order valence-corrected chi connectivity index (χ3v) is 4.75. The maximum atomic E-state index is 9.42. The smallest absolute Gasteiger partial charge is 0.0998 e. The summed E-state index contributed by atoms with van der Waals surface area (Å²) in [5.74, 6) is 0. The van der Waals surface area contributed by atoms with Gasteiger partial charge in [0, 0.05) is 16.7 Å². The van der Waals surface area contributed by atoms with E-state index in [0.717, 1.165) is 40.0 Å². The highest BCUT2D eigenvalue weighted by atomic mass is 14.8. The van der Waals surface area contributed by atoms with Gasteiger partial charge in [-0.25, -0.2) is 0 Å². The third kappa shape index (κ3) is 2.85. The van der Waals surface area contributed by atoms with E-state index in [-0.39, 0.29) is 6.04 Å². The van der Waals surface area contributed by atoms with Crippen molar-refractivity contribution in [3.05, 3.63) is 113 Å². The molecule has 4 rings (SSSR count). The Balaban J connectivity index is 1.86. The largest absolute Gasteiger partial charge is 0.276 e. The summed E-state index contributed by atoms with van der Waals surface area (Å²) in [6.07, 6.45) is 0.747. The van der Waals surface area contributed by atoms with Crippen LogP contribution in [0.4, 0.5) is 0 Å². The van der Waals surface area contributed by atoms with Crippen LogP contribution in [0.15, 0.2) is 90.4 Å². The Hall–Kier alpha value is -3.44. The van der Waals surface area contributed by atoms with Crippen LogP contribution >= 0.6 is 0 Å². The van der Waals surface area contributed by atoms with Crippen LogP contribution in [0.5, 0.6) is 0 Å². The summed E-state index contributed by atoms with van der Waals surface area (Å²) in [5, 5.41) is 9.42. The maximum absolute atomic E-state index is 9.42. The molecule has 0 amide bonds. The van der Waals surface area contributed by atoms with Gasteiger partial charge in [-0.1, -0.05) is 79.4 Å². The Morgan fingerprint density at radius 2 is 1.50 bits per heavy atom. The van der Waals surface area contributed by atoms with E-state index < -0.39 is 0 Å². The highest BCUT2D eigenvalue weighted by Crippen LogP contribution is 2.43. The van der Waals surface area contributed by atoms with Crippen molar-refractivity contribution in [3.8, 4) is 6.07 Å². The summed E-state index contributed by atoms with van der Waals surface area (Å²) in [6.45, 7) is 4.19. The molecule has 1 aliphatic carbocycles. The van der Waals surface area contributed by atoms with Crippen LogP contribution in [0.3, 0.4) is 0 Å². The van der Waals surface area contributed by atoms with Gasteiger partial charge in [-0.2, -0.15) is 5.26 Å². The number of benzene rings is 3. The summed E-state index contributed by atoms with van der Waals surface area (Å²) in [6, 6.07) is 28.6. The van der Waals surface area contributed by atoms with Crippen LogP contribution in [0.1, 0.15) is 40.3 Å². The molecule has 0 aromatic heterocycles. The first-order valence-corrected chi connectivity index (χ1v) is 8.67. The number of nitriles is 1. The molecule has 3 aromatic carbocycles. The van der Waals surface area contributed by atoms with Gasteiger partial charge in [0.25, 0.3) is 0 Å². The summed E-state index contributed by atoms with van der Waals surface area (Å²) < 4.78 is 0. The average Bonchev–Trinajstić information content (AvgIpc) is 3.03. The zero-order valence-corrected chi connectivity index (χ0v) is 14.4. The van der Waals surface area contributed by atoms with Crippen molar-refractivity contribution in [3.63, 3.8) is 0 Å². The molecule has 0 bridgehead atoms. The summed E-state index contributed by atoms with van der Waals surface area (Å²) in [5.41, 5.74) is 6.91. The SMILES string of the molecule is C=C1CC(N=C(c2ccccc2)c2ccccc2)c2cccc(C#N)c21. The van der Waals surface area contributed by atoms with Crippen molar-refractivity contribution in [2.45, 2.75) is 12.5 Å². The lowest BCUT2D eigenvalue weighted by atomic mass is 10.00. The highest BCUT2D eigenvalue weighted by Gasteiger charge is 2.28. The molecule has 0 aliphatic heterocycles. The van der Waals surface area contributed by atoms with Crippen LogP contribution in [0.2, 0.25) is 0 Å². The lowest BCUT2D eigenvalue weighted by Gasteiger charge is -2.12. The summed E-state index contributed by atoms with van der Waals surface area (Å²) in [4.78, 5) is 5.13. The predicted molar refractivity (Wildman–Crippen MR) is 106 cm³/mol. The minimum absolute atomic E-state index is 0.0128. The van der Waals surface area contributed by atoms with Crippen molar-refractivity contribution in [1.82, 2.24) is 0 Å². The summed E-state index contributed by atoms with van der Waals surface area (Å²) >= 11 is 0. The van der Waals surface area contributed by atoms with Gasteiger partial charge in [0.15, 0.2) is 0 Å². The first-order chi connectivity index (χ1) is 12.8. The molecule has 0 N–H and O–H groups in total. The normalized spacial score (nSPS) is 15.2. The van der Waals surface area contributed by atoms with Gasteiger partial charge in [0.2, 0.25) is 0 Å². The van der Waals surface area contributed by atoms with E-state index in [1.807, 2.05) is 48.5 Å². The lowest BCUT2D eigenvalue weighted by molar-refractivity contribution is 0.786. The Labute approximate surface area is 153 Å². The molecule has 0 saturated heterocycles. The predicted octanol–water partition coefficient (Wildman–Crippen LogP) is 5.55. The van der Waals surface area contributed by atoms with E-state index in [4.69, 9.17) is 4.99 Å². The van der Waals surface area contributed by atoms with Crippen molar-refractivity contribution in [1.29, 1.82) is 5.26 Å². The number of fused-ring (bicyclic) bond motifs is 1. The molecule has 3 aromatic rings. The molecular weight excluding hydrogens is 316 g/mol. The Kier molecular flexibility index (Phi) is 4.21. The molecule has 0 heterocycles. The molecule has 0 radical (unpaired) electrons. The van der Waals surface area contributed by atoms with E-state index in [1.165, 1.54) is 0 Å². The van der Waals surface area contributed by atoms with Crippen LogP contribution in [0, 0.1) is 11.3 Å². The van der Waals surface area contributed by atoms with E-state index >= 15 is 0 Å². The first-order valence-electron chi connectivity index (χ1n) is 8.67. The second-order valence-corrected chi connectivity index (χ2v) is 6.41. The fraction of sp³-hybridized carbons (Fsp3) is 0.0833. The van der Waals surface area contributed by atoms with Crippen LogP contribution in [-0.2, 0) is 0 Å². The van der Waals surface area contributed by atoms with Crippen LogP contribution in [0.25, 0.3) is 5.57 Å². The highest BCUT2D eigenvalue weighted by molar-refractivity contribution is 6.13. The molecular formula is C24H18N2. The van der Waals surface area contributed by atoms with Crippen molar-refractivity contribution >= 4 is 11.3 Å². The van der Waals surface area contributed by atoms with Crippen molar-refractivity contribution < 1.29 is 0 Å². The number of rotatable bonds is 3. The number of hydrogen-bond donors (Lipinski definition) is 0. The zero-order chi connectivity index (χ0) is 17.9. The molecule has 26 heavy (non-hydrogen) atoms. The topological polar surface area (TPSA) is 36.1 Å². The molecule has 1 atom stereocenters. The van der Waals surface area contributed by atoms with Gasteiger partial charge in [0.05, 0.1) is 23.4 Å². The summed E-state index contributed by atoms with van der Waals surface area (Å²) in [7, 11) is 0. The van der Waals surface area contributed by atoms with Gasteiger partial charge in [-0.15, -0.1) is 0 Å². The van der Waals surface area contributed by atoms with Gasteiger partial charge < -0.3 is 0 Å². The average molecular weight is 334 g/mol. The minimum Gasteiger partial charge on any atom is -0.276 e. The van der Waals surface area contributed by atoms with Gasteiger partial charge in [0.1, 0.15) is 0 Å². The molecule has 2 heteroatoms. The standard InChI is InChI=1S/C24H18N2/c1-17-15-22(21-14-8-13-20(16-25)23(17)21)26-24(18-9-4-2-5-10-18)19-11-6-3-7-12-19/h2-14,22H,1,15H2. The lowest BCUT2D eigenvalue weighted by Crippen LogP contribution is -2.06. The fourth-order valence-corrected chi connectivity index (χ4v) is 3.56. The van der Waals surface area contributed by atoms with Gasteiger partial charge >= 0.3 is 0 Å². The van der Waals surface area contributed by atoms with E-state index in [9.17, 15) is 5.26 Å². The molecule has 1 aliphatic rings. The third-order valence-electron chi connectivity index (χ3n) is 4.75. The minimum atomic E-state index is -0.0128. The second-order valence-electron chi connectivity index (χ2n) is 6.41. The first kappa shape index (κ1) is 16.1. The van der Waals surface area contributed by atoms with Crippen LogP contribution < -0.4 is 0 Å². The number of aliphatic imine (C=N–C) groups is 1. The molecule has 1 unspecified atom stereocenters. The van der Waals surface area contributed by atoms with Gasteiger partial charge in [-0.05, 0) is 23.6 Å². The van der Waals surface area contributed by atoms with E-state index in [2.05, 4.69) is 43.0 Å². The molecule has 124 valence electrons. The zero-order valence-electron chi connectivity index (χ0n) is 14.4. The van der Waals surface area contributed by atoms with Crippen LogP contribution in [-0.4, -0.2) is 5.71 Å². The number of nitrogens with zero attached hydrogens (tertiary/aromatic N) is 2. The molecule has 0 saturated carbocycles. The molecule has 0 spiro atoms. The maximum Gasteiger partial charge on any atom is 0.0998 e. The Morgan fingerprint density at radius 1 is 0.885 bits per heavy atom. The monoisotopic (exact) mass is 334 g/mol. The quantitative estimate of drug-likeness (QED) is 0.578. The molecule has 0 fully saturated rings. The molecule has 2 nitrogen and oxygen atoms in total. The second kappa shape index (κ2) is 6.82. The Bertz CT molecular complexity index is 983. The van der Waals surface area contributed by atoms with Crippen molar-refractivity contribution in [2.75, 3.05) is 0 Å². The van der Waals surface area contributed by atoms with Gasteiger partial charge in [-0.3, -0.25) is 4.99 Å². The van der Waals surface area contributed by atoms with E-state index in [0.29, 0.717) is 5.56 Å². The fourth-order valence-electron chi connectivity index (χ4n) is 3.56. The van der Waals surface area contributed by atoms with E-state index in [1.54, 1.807) is 0 Å². The van der Waals surface area contributed by atoms with Crippen molar-refractivity contribution in [2.24, 2.45) is 4.99 Å². The number of hydrogen-bond acceptors (Lipinski definition) is 2.